The molecule has 5 heteroatoms. The summed E-state index contributed by atoms with van der Waals surface area (Å²) >= 11 is 0. The second-order valence-electron chi connectivity index (χ2n) is 5.40. The summed E-state index contributed by atoms with van der Waals surface area (Å²) in [6, 6.07) is 15.8. The topological polar surface area (TPSA) is 38.8 Å². The van der Waals surface area contributed by atoms with Crippen LogP contribution in [0.15, 0.2) is 54.6 Å². The van der Waals surface area contributed by atoms with Crippen molar-refractivity contribution >= 4 is 5.91 Å². The van der Waals surface area contributed by atoms with E-state index in [9.17, 15) is 9.18 Å². The van der Waals surface area contributed by atoms with Crippen molar-refractivity contribution in [3.05, 3.63) is 66.0 Å². The van der Waals surface area contributed by atoms with E-state index in [2.05, 4.69) is 0 Å². The molecule has 1 saturated heterocycles. The molecule has 2 aromatic rings. The number of rotatable bonds is 4. The highest BCUT2D eigenvalue weighted by molar-refractivity contribution is 5.78. The lowest BCUT2D eigenvalue weighted by Crippen LogP contribution is -2.37. The number of hydrogen-bond acceptors (Lipinski definition) is 3. The second-order valence-corrected chi connectivity index (χ2v) is 5.40. The van der Waals surface area contributed by atoms with E-state index in [1.807, 2.05) is 37.3 Å². The molecule has 120 valence electrons. The molecule has 1 amide bonds. The molecule has 2 unspecified atom stereocenters. The number of benzene rings is 2. The van der Waals surface area contributed by atoms with Crippen LogP contribution < -0.4 is 4.74 Å². The minimum atomic E-state index is -0.479. The highest BCUT2D eigenvalue weighted by Crippen LogP contribution is 2.28. The SMILES string of the molecule is CC1OC(c2ccccc2)CN1C(=O)COc1ccccc1F. The number of carbonyl (C=O) groups excluding carboxylic acids is 1. The lowest BCUT2D eigenvalue weighted by Gasteiger charge is -2.19. The van der Waals surface area contributed by atoms with E-state index in [0.717, 1.165) is 5.56 Å². The maximum Gasteiger partial charge on any atom is 0.262 e. The Labute approximate surface area is 134 Å². The van der Waals surface area contributed by atoms with Gasteiger partial charge in [0.05, 0.1) is 6.54 Å². The van der Waals surface area contributed by atoms with E-state index in [-0.39, 0.29) is 30.6 Å². The third-order valence-electron chi connectivity index (χ3n) is 3.84. The van der Waals surface area contributed by atoms with Crippen molar-refractivity contribution in [2.75, 3.05) is 13.2 Å². The first-order valence-electron chi connectivity index (χ1n) is 7.52. The number of para-hydroxylation sites is 1. The van der Waals surface area contributed by atoms with Crippen LogP contribution in [0.25, 0.3) is 0 Å². The Balaban J connectivity index is 1.61. The third-order valence-corrected chi connectivity index (χ3v) is 3.84. The number of carbonyl (C=O) groups is 1. The van der Waals surface area contributed by atoms with Gasteiger partial charge in [-0.05, 0) is 24.6 Å². The molecular formula is C18H18FNO3. The largest absolute Gasteiger partial charge is 0.481 e. The minimum Gasteiger partial charge on any atom is -0.481 e. The molecule has 0 N–H and O–H groups in total. The van der Waals surface area contributed by atoms with Crippen LogP contribution in [0.5, 0.6) is 5.75 Å². The summed E-state index contributed by atoms with van der Waals surface area (Å²) in [7, 11) is 0. The lowest BCUT2D eigenvalue weighted by molar-refractivity contribution is -0.137. The molecule has 1 heterocycles. The Morgan fingerprint density at radius 3 is 2.65 bits per heavy atom. The van der Waals surface area contributed by atoms with Gasteiger partial charge in [0, 0.05) is 0 Å². The zero-order chi connectivity index (χ0) is 16.2. The minimum absolute atomic E-state index is 0.0771. The molecule has 4 nitrogen and oxygen atoms in total. The van der Waals surface area contributed by atoms with Gasteiger partial charge in [0.2, 0.25) is 0 Å². The van der Waals surface area contributed by atoms with Crippen LogP contribution >= 0.6 is 0 Å². The predicted molar refractivity (Wildman–Crippen MR) is 83.3 cm³/mol. The van der Waals surface area contributed by atoms with Crippen molar-refractivity contribution in [3.8, 4) is 5.75 Å². The summed E-state index contributed by atoms with van der Waals surface area (Å²) in [5.74, 6) is -0.624. The molecule has 1 aliphatic rings. The predicted octanol–water partition coefficient (Wildman–Crippen LogP) is 3.15. The molecule has 1 fully saturated rings. The van der Waals surface area contributed by atoms with Gasteiger partial charge in [0.25, 0.3) is 5.91 Å². The van der Waals surface area contributed by atoms with Crippen LogP contribution in [-0.4, -0.2) is 30.2 Å². The van der Waals surface area contributed by atoms with Crippen LogP contribution in [-0.2, 0) is 9.53 Å². The number of halogens is 1. The zero-order valence-corrected chi connectivity index (χ0v) is 12.8. The van der Waals surface area contributed by atoms with Crippen molar-refractivity contribution in [1.29, 1.82) is 0 Å². The third kappa shape index (κ3) is 3.51. The first kappa shape index (κ1) is 15.5. The van der Waals surface area contributed by atoms with Gasteiger partial charge < -0.3 is 14.4 Å². The van der Waals surface area contributed by atoms with E-state index in [4.69, 9.17) is 9.47 Å². The van der Waals surface area contributed by atoms with E-state index in [1.165, 1.54) is 12.1 Å². The van der Waals surface area contributed by atoms with E-state index in [0.29, 0.717) is 6.54 Å². The van der Waals surface area contributed by atoms with Crippen LogP contribution in [0.3, 0.4) is 0 Å². The molecule has 0 radical (unpaired) electrons. The Kier molecular flexibility index (Phi) is 4.57. The van der Waals surface area contributed by atoms with Crippen LogP contribution in [0, 0.1) is 5.82 Å². The number of amides is 1. The van der Waals surface area contributed by atoms with Gasteiger partial charge in [-0.2, -0.15) is 0 Å². The molecule has 2 atom stereocenters. The van der Waals surface area contributed by atoms with E-state index in [1.54, 1.807) is 17.0 Å². The van der Waals surface area contributed by atoms with Crippen molar-refractivity contribution in [2.24, 2.45) is 0 Å². The van der Waals surface area contributed by atoms with Gasteiger partial charge in [0.1, 0.15) is 12.3 Å². The molecule has 3 rings (SSSR count). The Hall–Kier alpha value is -2.40. The summed E-state index contributed by atoms with van der Waals surface area (Å²) in [4.78, 5) is 13.9. The van der Waals surface area contributed by atoms with Crippen molar-refractivity contribution in [3.63, 3.8) is 0 Å². The van der Waals surface area contributed by atoms with Gasteiger partial charge in [-0.15, -0.1) is 0 Å². The highest BCUT2D eigenvalue weighted by Gasteiger charge is 2.34. The fourth-order valence-electron chi connectivity index (χ4n) is 2.62. The molecule has 1 aliphatic heterocycles. The molecule has 0 spiro atoms. The zero-order valence-electron chi connectivity index (χ0n) is 12.8. The molecule has 0 aromatic heterocycles. The maximum atomic E-state index is 13.5. The first-order valence-corrected chi connectivity index (χ1v) is 7.52. The molecule has 2 aromatic carbocycles. The number of ether oxygens (including phenoxy) is 2. The van der Waals surface area contributed by atoms with Crippen molar-refractivity contribution in [1.82, 2.24) is 4.90 Å². The molecule has 0 saturated carbocycles. The summed E-state index contributed by atoms with van der Waals surface area (Å²) < 4.78 is 24.6. The first-order chi connectivity index (χ1) is 11.1. The number of nitrogens with zero attached hydrogens (tertiary/aromatic N) is 1. The average Bonchev–Trinajstić information content (AvgIpc) is 2.97. The fourth-order valence-corrected chi connectivity index (χ4v) is 2.62. The molecule has 0 aliphatic carbocycles. The summed E-state index contributed by atoms with van der Waals surface area (Å²) in [6.07, 6.45) is -0.486. The van der Waals surface area contributed by atoms with E-state index < -0.39 is 5.82 Å². The lowest BCUT2D eigenvalue weighted by atomic mass is 10.1. The summed E-state index contributed by atoms with van der Waals surface area (Å²) in [5, 5.41) is 0. The monoisotopic (exact) mass is 315 g/mol. The van der Waals surface area contributed by atoms with Crippen LogP contribution in [0.1, 0.15) is 18.6 Å². The number of hydrogen-bond donors (Lipinski definition) is 0. The summed E-state index contributed by atoms with van der Waals surface area (Å²) in [6.45, 7) is 2.07. The standard InChI is InChI=1S/C18H18FNO3/c1-13-20(11-17(23-13)14-7-3-2-4-8-14)18(21)12-22-16-10-6-5-9-15(16)19/h2-10,13,17H,11-12H2,1H3. The van der Waals surface area contributed by atoms with Gasteiger partial charge in [-0.1, -0.05) is 42.5 Å². The molecular weight excluding hydrogens is 297 g/mol. The smallest absolute Gasteiger partial charge is 0.262 e. The highest BCUT2D eigenvalue weighted by atomic mass is 19.1. The molecule has 23 heavy (non-hydrogen) atoms. The van der Waals surface area contributed by atoms with E-state index >= 15 is 0 Å². The normalized spacial score (nSPS) is 20.5. The van der Waals surface area contributed by atoms with Crippen LogP contribution in [0.2, 0.25) is 0 Å². The Bertz CT molecular complexity index is 677. The fraction of sp³-hybridized carbons (Fsp3) is 0.278. The maximum absolute atomic E-state index is 13.5. The van der Waals surface area contributed by atoms with Crippen molar-refractivity contribution < 1.29 is 18.7 Å². The van der Waals surface area contributed by atoms with Crippen molar-refractivity contribution in [2.45, 2.75) is 19.3 Å². The quantitative estimate of drug-likeness (QED) is 0.870. The van der Waals surface area contributed by atoms with Crippen LogP contribution in [0.4, 0.5) is 4.39 Å². The van der Waals surface area contributed by atoms with Gasteiger partial charge in [-0.3, -0.25) is 4.79 Å². The second kappa shape index (κ2) is 6.79. The van der Waals surface area contributed by atoms with Gasteiger partial charge in [-0.25, -0.2) is 4.39 Å². The Morgan fingerprint density at radius 2 is 1.91 bits per heavy atom. The summed E-state index contributed by atoms with van der Waals surface area (Å²) in [5.41, 5.74) is 1.03. The Morgan fingerprint density at radius 1 is 1.22 bits per heavy atom. The van der Waals surface area contributed by atoms with Gasteiger partial charge in [0.15, 0.2) is 18.2 Å². The molecule has 0 bridgehead atoms. The van der Waals surface area contributed by atoms with Gasteiger partial charge >= 0.3 is 0 Å². The average molecular weight is 315 g/mol.